The van der Waals surface area contributed by atoms with Crippen LogP contribution in [0.4, 0.5) is 17.2 Å². The molecule has 88 valence electrons. The van der Waals surface area contributed by atoms with Gasteiger partial charge < -0.3 is 15.8 Å². The second-order valence-electron chi connectivity index (χ2n) is 3.41. The van der Waals surface area contributed by atoms with E-state index in [1.54, 1.807) is 25.4 Å². The molecule has 1 aromatic carbocycles. The second-order valence-corrected chi connectivity index (χ2v) is 3.82. The number of hydrogen-bond acceptors (Lipinski definition) is 4. The fourth-order valence-corrected chi connectivity index (χ4v) is 1.61. The van der Waals surface area contributed by atoms with Crippen LogP contribution in [0.3, 0.4) is 0 Å². The molecule has 4 nitrogen and oxygen atoms in total. The third-order valence-electron chi connectivity index (χ3n) is 2.27. The van der Waals surface area contributed by atoms with Crippen LogP contribution >= 0.6 is 11.6 Å². The summed E-state index contributed by atoms with van der Waals surface area (Å²) in [5.74, 6) is 1.06. The number of hydrogen-bond donors (Lipinski definition) is 2. The molecule has 2 aromatic rings. The minimum atomic E-state index is 0.446. The van der Waals surface area contributed by atoms with Gasteiger partial charge in [-0.2, -0.15) is 0 Å². The zero-order valence-corrected chi connectivity index (χ0v) is 10.0. The summed E-state index contributed by atoms with van der Waals surface area (Å²) in [7, 11) is 1.57. The number of nitrogens with zero attached hydrogens (tertiary/aromatic N) is 1. The smallest absolute Gasteiger partial charge is 0.147 e. The third kappa shape index (κ3) is 2.60. The molecule has 0 aliphatic rings. The Morgan fingerprint density at radius 3 is 2.88 bits per heavy atom. The van der Waals surface area contributed by atoms with Gasteiger partial charge in [0.25, 0.3) is 0 Å². The van der Waals surface area contributed by atoms with E-state index < -0.39 is 0 Å². The van der Waals surface area contributed by atoms with E-state index in [9.17, 15) is 0 Å². The summed E-state index contributed by atoms with van der Waals surface area (Å²) in [4.78, 5) is 3.99. The number of nitrogens with one attached hydrogen (secondary N) is 1. The van der Waals surface area contributed by atoms with E-state index >= 15 is 0 Å². The molecule has 0 aliphatic carbocycles. The van der Waals surface area contributed by atoms with Gasteiger partial charge in [-0.3, -0.25) is 0 Å². The summed E-state index contributed by atoms with van der Waals surface area (Å²) in [5, 5.41) is 3.71. The van der Waals surface area contributed by atoms with Crippen molar-refractivity contribution in [2.75, 3.05) is 18.2 Å². The maximum atomic E-state index is 5.94. The molecule has 17 heavy (non-hydrogen) atoms. The standard InChI is InChI=1S/C12H12ClN3O/c1-17-11-7-8(4-5-9(11)13)16-10-3-2-6-15-12(10)14/h2-7,16H,1H3,(H2,14,15). The first-order chi connectivity index (χ1) is 8.20. The van der Waals surface area contributed by atoms with E-state index in [1.165, 1.54) is 0 Å². The van der Waals surface area contributed by atoms with Crippen LogP contribution in [0.1, 0.15) is 0 Å². The maximum Gasteiger partial charge on any atom is 0.147 e. The maximum absolute atomic E-state index is 5.94. The van der Waals surface area contributed by atoms with Crippen molar-refractivity contribution in [3.05, 3.63) is 41.6 Å². The Labute approximate surface area is 104 Å². The molecule has 5 heteroatoms. The predicted molar refractivity (Wildman–Crippen MR) is 69.9 cm³/mol. The Kier molecular flexibility index (Phi) is 3.35. The van der Waals surface area contributed by atoms with Crippen molar-refractivity contribution < 1.29 is 4.74 Å². The molecule has 1 heterocycles. The van der Waals surface area contributed by atoms with Crippen molar-refractivity contribution in [1.82, 2.24) is 4.98 Å². The largest absolute Gasteiger partial charge is 0.495 e. The van der Waals surface area contributed by atoms with Gasteiger partial charge in [0.1, 0.15) is 11.6 Å². The lowest BCUT2D eigenvalue weighted by Crippen LogP contribution is -1.98. The van der Waals surface area contributed by atoms with Crippen LogP contribution in [0.25, 0.3) is 0 Å². The number of anilines is 3. The molecular weight excluding hydrogens is 238 g/mol. The zero-order chi connectivity index (χ0) is 12.3. The zero-order valence-electron chi connectivity index (χ0n) is 9.27. The Morgan fingerprint density at radius 2 is 2.18 bits per heavy atom. The normalized spacial score (nSPS) is 10.0. The molecule has 0 fully saturated rings. The lowest BCUT2D eigenvalue weighted by atomic mass is 10.2. The van der Waals surface area contributed by atoms with Crippen LogP contribution in [-0.4, -0.2) is 12.1 Å². The molecule has 0 bridgehead atoms. The number of pyridine rings is 1. The van der Waals surface area contributed by atoms with E-state index in [2.05, 4.69) is 10.3 Å². The molecule has 3 N–H and O–H groups in total. The van der Waals surface area contributed by atoms with Gasteiger partial charge in [-0.15, -0.1) is 0 Å². The molecule has 0 amide bonds. The molecule has 0 saturated carbocycles. The summed E-state index contributed by atoms with van der Waals surface area (Å²) in [6.45, 7) is 0. The molecule has 0 radical (unpaired) electrons. The molecule has 0 aliphatic heterocycles. The number of methoxy groups -OCH3 is 1. The van der Waals surface area contributed by atoms with Gasteiger partial charge in [0.15, 0.2) is 0 Å². The van der Waals surface area contributed by atoms with Gasteiger partial charge in [-0.25, -0.2) is 4.98 Å². The number of ether oxygens (including phenoxy) is 1. The number of halogens is 1. The number of rotatable bonds is 3. The van der Waals surface area contributed by atoms with Crippen molar-refractivity contribution in [1.29, 1.82) is 0 Å². The first kappa shape index (κ1) is 11.5. The summed E-state index contributed by atoms with van der Waals surface area (Å²) < 4.78 is 5.13. The van der Waals surface area contributed by atoms with E-state index in [0.29, 0.717) is 16.6 Å². The van der Waals surface area contributed by atoms with Crippen LogP contribution in [0, 0.1) is 0 Å². The second kappa shape index (κ2) is 4.93. The summed E-state index contributed by atoms with van der Waals surface area (Å²) >= 11 is 5.94. The first-order valence-corrected chi connectivity index (χ1v) is 5.39. The van der Waals surface area contributed by atoms with E-state index in [-0.39, 0.29) is 0 Å². The van der Waals surface area contributed by atoms with Gasteiger partial charge in [0, 0.05) is 18.0 Å². The minimum absolute atomic E-state index is 0.446. The fraction of sp³-hybridized carbons (Fsp3) is 0.0833. The Hall–Kier alpha value is -1.94. The van der Waals surface area contributed by atoms with Gasteiger partial charge in [-0.05, 0) is 24.3 Å². The monoisotopic (exact) mass is 249 g/mol. The van der Waals surface area contributed by atoms with Gasteiger partial charge in [0.05, 0.1) is 17.8 Å². The highest BCUT2D eigenvalue weighted by atomic mass is 35.5. The molecule has 0 saturated heterocycles. The highest BCUT2D eigenvalue weighted by Crippen LogP contribution is 2.29. The third-order valence-corrected chi connectivity index (χ3v) is 2.58. The number of nitrogen functional groups attached to an aromatic ring is 1. The van der Waals surface area contributed by atoms with Crippen LogP contribution in [0.2, 0.25) is 5.02 Å². The molecule has 1 aromatic heterocycles. The van der Waals surface area contributed by atoms with Crippen LogP contribution in [0.5, 0.6) is 5.75 Å². The molecule has 0 atom stereocenters. The van der Waals surface area contributed by atoms with Crippen molar-refractivity contribution >= 4 is 28.8 Å². The van der Waals surface area contributed by atoms with Gasteiger partial charge in [-0.1, -0.05) is 11.6 Å². The molecule has 0 unspecified atom stereocenters. The SMILES string of the molecule is COc1cc(Nc2cccnc2N)ccc1Cl. The Morgan fingerprint density at radius 1 is 1.35 bits per heavy atom. The first-order valence-electron chi connectivity index (χ1n) is 5.02. The quantitative estimate of drug-likeness (QED) is 0.878. The summed E-state index contributed by atoms with van der Waals surface area (Å²) in [5.41, 5.74) is 7.32. The van der Waals surface area contributed by atoms with E-state index in [1.807, 2.05) is 18.2 Å². The molecule has 0 spiro atoms. The predicted octanol–water partition coefficient (Wildman–Crippen LogP) is 3.07. The van der Waals surface area contributed by atoms with Gasteiger partial charge >= 0.3 is 0 Å². The van der Waals surface area contributed by atoms with Crippen LogP contribution in [0.15, 0.2) is 36.5 Å². The van der Waals surface area contributed by atoms with E-state index in [0.717, 1.165) is 11.4 Å². The van der Waals surface area contributed by atoms with Gasteiger partial charge in [0.2, 0.25) is 0 Å². The van der Waals surface area contributed by atoms with Crippen LogP contribution in [-0.2, 0) is 0 Å². The van der Waals surface area contributed by atoms with E-state index in [4.69, 9.17) is 22.1 Å². The highest BCUT2D eigenvalue weighted by molar-refractivity contribution is 6.32. The van der Waals surface area contributed by atoms with Crippen molar-refractivity contribution in [3.8, 4) is 5.75 Å². The van der Waals surface area contributed by atoms with Crippen LogP contribution < -0.4 is 15.8 Å². The fourth-order valence-electron chi connectivity index (χ4n) is 1.42. The summed E-state index contributed by atoms with van der Waals surface area (Å²) in [6.07, 6.45) is 1.64. The lowest BCUT2D eigenvalue weighted by Gasteiger charge is -2.10. The number of nitrogens with two attached hydrogens (primary N) is 1. The number of aromatic nitrogens is 1. The topological polar surface area (TPSA) is 60.2 Å². The highest BCUT2D eigenvalue weighted by Gasteiger charge is 2.04. The minimum Gasteiger partial charge on any atom is -0.495 e. The average Bonchev–Trinajstić information content (AvgIpc) is 2.34. The Balaban J connectivity index is 2.28. The van der Waals surface area contributed by atoms with Crippen molar-refractivity contribution in [2.24, 2.45) is 0 Å². The Bertz CT molecular complexity index is 531. The summed E-state index contributed by atoms with van der Waals surface area (Å²) in [6, 6.07) is 9.07. The average molecular weight is 250 g/mol. The lowest BCUT2D eigenvalue weighted by molar-refractivity contribution is 0.415. The molecular formula is C12H12ClN3O. The molecule has 2 rings (SSSR count). The van der Waals surface area contributed by atoms with Crippen molar-refractivity contribution in [3.63, 3.8) is 0 Å². The van der Waals surface area contributed by atoms with Crippen molar-refractivity contribution in [2.45, 2.75) is 0 Å². The number of benzene rings is 1.